The highest BCUT2D eigenvalue weighted by molar-refractivity contribution is 7.91. The largest absolute Gasteiger partial charge is 0.523 e. The van der Waals surface area contributed by atoms with Gasteiger partial charge in [0.1, 0.15) is 17.7 Å². The molecule has 0 spiro atoms. The van der Waals surface area contributed by atoms with Gasteiger partial charge in [-0.25, -0.2) is 23.2 Å². The van der Waals surface area contributed by atoms with Crippen LogP contribution in [0.3, 0.4) is 0 Å². The van der Waals surface area contributed by atoms with Gasteiger partial charge < -0.3 is 35.9 Å². The summed E-state index contributed by atoms with van der Waals surface area (Å²) in [7, 11) is -2.38. The summed E-state index contributed by atoms with van der Waals surface area (Å²) in [5.74, 6) is -0.687. The number of methoxy groups -OCH3 is 1. The van der Waals surface area contributed by atoms with Gasteiger partial charge in [0.15, 0.2) is 9.84 Å². The van der Waals surface area contributed by atoms with E-state index in [4.69, 9.17) is 4.74 Å². The predicted octanol–water partition coefficient (Wildman–Crippen LogP) is 5.35. The number of H-pyrrole nitrogens is 1. The first-order valence-corrected chi connectivity index (χ1v) is 21.7. The average molecular weight is 875 g/mol. The maximum absolute atomic E-state index is 13.8. The molecule has 4 amide bonds. The SMILES string of the molecule is COC(=O)NC(C(=O)N1CC(S(C)(=O)=O)CC1c1ncc(C2=CC=C(C3=CC=C(C(=O)Nc4ccc(NCCNC(=O)C(C)(C)C)nc4)CC3OC(F)(F)F)CC2)[nH]1)C(C)C. The molecular weight excluding hydrogens is 822 g/mol. The number of nitrogens with zero attached hydrogens (tertiary/aromatic N) is 3. The fourth-order valence-electron chi connectivity index (χ4n) is 7.10. The van der Waals surface area contributed by atoms with Crippen molar-refractivity contribution in [3.05, 3.63) is 77.1 Å². The molecule has 1 aliphatic heterocycles. The molecule has 5 N–H and O–H groups in total. The molecule has 5 rings (SSSR count). The minimum atomic E-state index is -4.98. The molecule has 61 heavy (non-hydrogen) atoms. The second kappa shape index (κ2) is 19.0. The summed E-state index contributed by atoms with van der Waals surface area (Å²) < 4.78 is 75.6. The summed E-state index contributed by atoms with van der Waals surface area (Å²) in [5.41, 5.74) is 2.10. The van der Waals surface area contributed by atoms with Gasteiger partial charge >= 0.3 is 12.5 Å². The van der Waals surface area contributed by atoms with Crippen molar-refractivity contribution >= 4 is 50.7 Å². The standard InChI is InChI=1S/C41H53F3N8O8S/c1-23(2)34(51-39(56)59-6)37(54)52-22-28(61(7,57)58)19-31(52)35-48-21-30(50-35)25-10-8-24(9-11-25)29-14-12-26(18-32(29)60-41(42,43)44)36(53)49-27-13-15-33(47-20-27)45-16-17-46-38(55)40(3,4)5/h8,10,12-15,20-21,23,28,31-32,34H,9,11,16-19,22H2,1-7H3,(H,45,47)(H,46,55)(H,48,50)(H,49,53)(H,51,56). The van der Waals surface area contributed by atoms with E-state index in [1.807, 2.05) is 20.8 Å². The molecule has 1 fully saturated rings. The van der Waals surface area contributed by atoms with Crippen molar-refractivity contribution in [2.75, 3.05) is 43.6 Å². The van der Waals surface area contributed by atoms with Crippen LogP contribution in [0.5, 0.6) is 0 Å². The summed E-state index contributed by atoms with van der Waals surface area (Å²) in [5, 5.41) is 10.2. The number of rotatable bonds is 14. The highest BCUT2D eigenvalue weighted by atomic mass is 32.2. The summed E-state index contributed by atoms with van der Waals surface area (Å²) in [6.07, 6.45) is 3.60. The van der Waals surface area contributed by atoms with Crippen molar-refractivity contribution in [3.8, 4) is 0 Å². The van der Waals surface area contributed by atoms with Crippen molar-refractivity contribution in [1.82, 2.24) is 30.5 Å². The average Bonchev–Trinajstić information content (AvgIpc) is 3.87. The monoisotopic (exact) mass is 874 g/mol. The van der Waals surface area contributed by atoms with E-state index >= 15 is 0 Å². The lowest BCUT2D eigenvalue weighted by molar-refractivity contribution is -0.337. The number of sulfone groups is 1. The van der Waals surface area contributed by atoms with Crippen molar-refractivity contribution in [3.63, 3.8) is 0 Å². The molecule has 16 nitrogen and oxygen atoms in total. The molecular formula is C41H53F3N8O8S. The number of carbonyl (C=O) groups is 4. The lowest BCUT2D eigenvalue weighted by atomic mass is 9.84. The number of likely N-dealkylation sites (tertiary alicyclic amines) is 1. The molecule has 20 heteroatoms. The molecule has 2 aromatic rings. The number of ether oxygens (including phenoxy) is 2. The quantitative estimate of drug-likeness (QED) is 0.153. The molecule has 0 aromatic carbocycles. The first-order chi connectivity index (χ1) is 28.5. The van der Waals surface area contributed by atoms with Gasteiger partial charge in [-0.05, 0) is 54.0 Å². The second-order valence-electron chi connectivity index (χ2n) is 16.5. The van der Waals surface area contributed by atoms with Crippen LogP contribution in [0.2, 0.25) is 0 Å². The van der Waals surface area contributed by atoms with Gasteiger partial charge in [-0.15, -0.1) is 13.2 Å². The number of amides is 4. The molecule has 332 valence electrons. The number of nitrogens with one attached hydrogen (secondary N) is 5. The number of hydrogen-bond acceptors (Lipinski definition) is 11. The zero-order chi connectivity index (χ0) is 44.9. The number of alkyl carbamates (subject to hydrolysis) is 1. The third-order valence-electron chi connectivity index (χ3n) is 10.5. The Hall–Kier alpha value is -5.50. The smallest absolute Gasteiger partial charge is 0.453 e. The molecule has 0 saturated carbocycles. The first kappa shape index (κ1) is 46.6. The second-order valence-corrected chi connectivity index (χ2v) is 18.8. The van der Waals surface area contributed by atoms with Crippen LogP contribution in [0.25, 0.3) is 5.57 Å². The zero-order valence-corrected chi connectivity index (χ0v) is 35.9. The molecule has 3 heterocycles. The van der Waals surface area contributed by atoms with Crippen molar-refractivity contribution in [1.29, 1.82) is 0 Å². The van der Waals surface area contributed by atoms with E-state index in [-0.39, 0.29) is 42.4 Å². The number of carbonyl (C=O) groups excluding carboxylic acids is 4. The Morgan fingerprint density at radius 2 is 1.69 bits per heavy atom. The van der Waals surface area contributed by atoms with E-state index in [1.165, 1.54) is 30.4 Å². The molecule has 2 aromatic heterocycles. The van der Waals surface area contributed by atoms with Crippen molar-refractivity contribution in [2.24, 2.45) is 11.3 Å². The van der Waals surface area contributed by atoms with E-state index < -0.39 is 63.0 Å². The van der Waals surface area contributed by atoms with Gasteiger partial charge in [-0.1, -0.05) is 58.9 Å². The number of anilines is 2. The van der Waals surface area contributed by atoms with Crippen LogP contribution in [-0.2, 0) is 33.7 Å². The molecule has 1 saturated heterocycles. The number of alkyl halides is 3. The first-order valence-electron chi connectivity index (χ1n) is 19.8. The van der Waals surface area contributed by atoms with Crippen LogP contribution in [0.4, 0.5) is 29.5 Å². The van der Waals surface area contributed by atoms with Gasteiger partial charge in [0, 0.05) is 43.3 Å². The van der Waals surface area contributed by atoms with Crippen LogP contribution in [0, 0.1) is 11.3 Å². The maximum Gasteiger partial charge on any atom is 0.523 e. The molecule has 0 radical (unpaired) electrons. The number of hydrogen-bond donors (Lipinski definition) is 5. The topological polar surface area (TPSA) is 214 Å². The van der Waals surface area contributed by atoms with Gasteiger partial charge in [0.25, 0.3) is 5.91 Å². The van der Waals surface area contributed by atoms with E-state index in [9.17, 15) is 40.8 Å². The third-order valence-corrected chi connectivity index (χ3v) is 12.1. The van der Waals surface area contributed by atoms with Crippen LogP contribution in [-0.4, -0.2) is 109 Å². The van der Waals surface area contributed by atoms with Crippen LogP contribution >= 0.6 is 0 Å². The summed E-state index contributed by atoms with van der Waals surface area (Å²) in [6.45, 7) is 9.61. The minimum absolute atomic E-state index is 0.0748. The number of pyridine rings is 1. The number of aromatic nitrogens is 3. The van der Waals surface area contributed by atoms with Crippen molar-refractivity contribution in [2.45, 2.75) is 90.1 Å². The van der Waals surface area contributed by atoms with Crippen molar-refractivity contribution < 1.29 is 50.2 Å². The summed E-state index contributed by atoms with van der Waals surface area (Å²) in [4.78, 5) is 64.5. The Kier molecular flexibility index (Phi) is 14.5. The fraction of sp³-hybridized carbons (Fsp3) is 0.512. The van der Waals surface area contributed by atoms with Crippen LogP contribution in [0.15, 0.2) is 65.5 Å². The highest BCUT2D eigenvalue weighted by Gasteiger charge is 2.45. The molecule has 4 unspecified atom stereocenters. The Bertz CT molecular complexity index is 2210. The Labute approximate surface area is 352 Å². The summed E-state index contributed by atoms with van der Waals surface area (Å²) in [6, 6.07) is 1.48. The third kappa shape index (κ3) is 12.3. The highest BCUT2D eigenvalue weighted by Crippen LogP contribution is 2.39. The zero-order valence-electron chi connectivity index (χ0n) is 35.1. The number of imidazole rings is 1. The fourth-order valence-corrected chi connectivity index (χ4v) is 8.06. The van der Waals surface area contributed by atoms with Crippen LogP contribution in [0.1, 0.15) is 77.9 Å². The van der Waals surface area contributed by atoms with E-state index in [0.29, 0.717) is 54.5 Å². The van der Waals surface area contributed by atoms with Crippen LogP contribution < -0.4 is 21.3 Å². The number of aromatic amines is 1. The normalized spacial score (nSPS) is 20.2. The lowest BCUT2D eigenvalue weighted by Crippen LogP contribution is -2.51. The molecule has 2 aliphatic carbocycles. The Morgan fingerprint density at radius 3 is 2.28 bits per heavy atom. The van der Waals surface area contributed by atoms with Gasteiger partial charge in [0.05, 0.1) is 48.3 Å². The predicted molar refractivity (Wildman–Crippen MR) is 221 cm³/mol. The lowest BCUT2D eigenvalue weighted by Gasteiger charge is -2.30. The molecule has 0 bridgehead atoms. The van der Waals surface area contributed by atoms with E-state index in [0.717, 1.165) is 11.8 Å². The maximum atomic E-state index is 13.8. The minimum Gasteiger partial charge on any atom is -0.453 e. The summed E-state index contributed by atoms with van der Waals surface area (Å²) >= 11 is 0. The van der Waals surface area contributed by atoms with Gasteiger partial charge in [0.2, 0.25) is 11.8 Å². The Morgan fingerprint density at radius 1 is 0.984 bits per heavy atom. The molecule has 3 aliphatic rings. The van der Waals surface area contributed by atoms with Gasteiger partial charge in [-0.2, -0.15) is 0 Å². The Balaban J connectivity index is 1.29. The van der Waals surface area contributed by atoms with E-state index in [2.05, 4.69) is 41.0 Å². The number of allylic oxidation sites excluding steroid dienone is 5. The van der Waals surface area contributed by atoms with E-state index in [1.54, 1.807) is 44.3 Å². The number of halogens is 3. The molecule has 4 atom stereocenters. The van der Waals surface area contributed by atoms with Gasteiger partial charge in [-0.3, -0.25) is 19.1 Å².